The van der Waals surface area contributed by atoms with Crippen LogP contribution in [-0.2, 0) is 13.6 Å². The molecule has 0 bridgehead atoms. The Morgan fingerprint density at radius 2 is 1.67 bits per heavy atom. The van der Waals surface area contributed by atoms with E-state index in [1.54, 1.807) is 0 Å². The maximum absolute atomic E-state index is 14.0. The van der Waals surface area contributed by atoms with E-state index in [9.17, 15) is 8.67 Å². The molecule has 0 aromatic heterocycles. The molecule has 0 heterocycles. The average molecular weight is 256 g/mol. The number of rotatable bonds is 8. The highest BCUT2D eigenvalue weighted by atomic mass is 31.2. The van der Waals surface area contributed by atoms with Gasteiger partial charge in [-0.25, -0.2) is 0 Å². The second-order valence-electron chi connectivity index (χ2n) is 3.66. The molecule has 0 unspecified atom stereocenters. The van der Waals surface area contributed by atoms with Gasteiger partial charge >= 0.3 is 7.60 Å². The van der Waals surface area contributed by atoms with Crippen molar-refractivity contribution < 1.29 is 17.7 Å². The van der Waals surface area contributed by atoms with Crippen LogP contribution in [0.1, 0.15) is 20.3 Å². The summed E-state index contributed by atoms with van der Waals surface area (Å²) < 4.78 is 35.3. The largest absolute Gasteiger partial charge is 0.330 e. The van der Waals surface area contributed by atoms with Crippen LogP contribution in [0.5, 0.6) is 0 Å². The smallest absolute Gasteiger partial charge is 0.314 e. The third-order valence-electron chi connectivity index (χ3n) is 2.88. The number of hydrogen-bond acceptors (Lipinski definition) is 3. The van der Waals surface area contributed by atoms with Crippen molar-refractivity contribution in [1.82, 2.24) is 0 Å². The van der Waals surface area contributed by atoms with E-state index in [-0.39, 0.29) is 0 Å². The third kappa shape index (κ3) is 5.25. The quantitative estimate of drug-likeness (QED) is 0.376. The lowest BCUT2D eigenvalue weighted by atomic mass is 10.6. The zero-order chi connectivity index (χ0) is 11.9. The second kappa shape index (κ2) is 6.79. The van der Waals surface area contributed by atoms with Gasteiger partial charge in [-0.2, -0.15) is 0 Å². The Kier molecular flexibility index (Phi) is 6.92. The zero-order valence-electron chi connectivity index (χ0n) is 10.1. The molecular formula is C9H22FO3PSi. The Labute approximate surface area is 93.1 Å². The average Bonchev–Trinajstić information content (AvgIpc) is 2.28. The van der Waals surface area contributed by atoms with Crippen molar-refractivity contribution in [2.75, 3.05) is 20.4 Å². The predicted octanol–water partition coefficient (Wildman–Crippen LogP) is 3.82. The predicted molar refractivity (Wildman–Crippen MR) is 63.7 cm³/mol. The van der Waals surface area contributed by atoms with E-state index in [4.69, 9.17) is 9.05 Å². The van der Waals surface area contributed by atoms with Crippen molar-refractivity contribution in [3.63, 3.8) is 0 Å². The summed E-state index contributed by atoms with van der Waals surface area (Å²) in [5.74, 6) is 0. The summed E-state index contributed by atoms with van der Waals surface area (Å²) in [7, 11) is -2.76. The lowest BCUT2D eigenvalue weighted by Crippen LogP contribution is -2.26. The van der Waals surface area contributed by atoms with E-state index in [2.05, 4.69) is 0 Å². The van der Waals surface area contributed by atoms with Gasteiger partial charge in [0.25, 0.3) is 0 Å². The van der Waals surface area contributed by atoms with Crippen molar-refractivity contribution in [2.45, 2.75) is 38.4 Å². The molecule has 15 heavy (non-hydrogen) atoms. The highest BCUT2D eigenvalue weighted by molar-refractivity contribution is 7.53. The first-order chi connectivity index (χ1) is 6.95. The van der Waals surface area contributed by atoms with Crippen molar-refractivity contribution in [2.24, 2.45) is 0 Å². The molecular weight excluding hydrogens is 234 g/mol. The van der Waals surface area contributed by atoms with Gasteiger partial charge in [-0.1, -0.05) is 13.8 Å². The summed E-state index contributed by atoms with van der Waals surface area (Å²) in [4.78, 5) is 0. The lowest BCUT2D eigenvalue weighted by molar-refractivity contribution is 0.275. The fourth-order valence-corrected chi connectivity index (χ4v) is 4.82. The molecule has 0 aliphatic carbocycles. The van der Waals surface area contributed by atoms with Gasteiger partial charge in [0.05, 0.1) is 0 Å². The first-order valence-electron chi connectivity index (χ1n) is 5.34. The Balaban J connectivity index is 4.02. The van der Waals surface area contributed by atoms with Crippen molar-refractivity contribution in [3.8, 4) is 0 Å². The summed E-state index contributed by atoms with van der Waals surface area (Å²) in [6.45, 7) is 3.78. The van der Waals surface area contributed by atoms with Crippen LogP contribution in [0.15, 0.2) is 0 Å². The van der Waals surface area contributed by atoms with Gasteiger partial charge in [0, 0.05) is 20.4 Å². The lowest BCUT2D eigenvalue weighted by Gasteiger charge is -2.19. The minimum Gasteiger partial charge on any atom is -0.314 e. The van der Waals surface area contributed by atoms with Crippen LogP contribution in [-0.4, -0.2) is 28.8 Å². The van der Waals surface area contributed by atoms with Crippen molar-refractivity contribution in [1.29, 1.82) is 0 Å². The normalized spacial score (nSPS) is 13.1. The molecule has 0 spiro atoms. The molecule has 0 rings (SSSR count). The number of halogens is 1. The van der Waals surface area contributed by atoms with Crippen LogP contribution >= 0.6 is 7.60 Å². The van der Waals surface area contributed by atoms with E-state index in [1.165, 1.54) is 14.2 Å². The van der Waals surface area contributed by atoms with E-state index in [0.717, 1.165) is 0 Å². The Hall–Kier alpha value is 0.297. The second-order valence-corrected chi connectivity index (χ2v) is 10.3. The molecule has 0 N–H and O–H groups in total. The highest BCUT2D eigenvalue weighted by Crippen LogP contribution is 2.47. The van der Waals surface area contributed by atoms with Gasteiger partial charge in [0.15, 0.2) is 0 Å². The SMILES string of the molecule is CC[Si](F)(CC)CCCP(=O)(OC)OC. The molecule has 6 heteroatoms. The van der Waals surface area contributed by atoms with E-state index < -0.39 is 16.0 Å². The van der Waals surface area contributed by atoms with Gasteiger partial charge in [0.1, 0.15) is 0 Å². The van der Waals surface area contributed by atoms with Crippen LogP contribution in [0.3, 0.4) is 0 Å². The maximum atomic E-state index is 14.0. The Bertz CT molecular complexity index is 213. The molecule has 0 saturated heterocycles. The van der Waals surface area contributed by atoms with Gasteiger partial charge in [-0.3, -0.25) is 4.57 Å². The summed E-state index contributed by atoms with van der Waals surface area (Å²) in [5, 5.41) is 0. The monoisotopic (exact) mass is 256 g/mol. The molecule has 3 nitrogen and oxygen atoms in total. The van der Waals surface area contributed by atoms with Crippen LogP contribution in [0.25, 0.3) is 0 Å². The molecule has 92 valence electrons. The first-order valence-corrected chi connectivity index (χ1v) is 9.57. The van der Waals surface area contributed by atoms with Gasteiger partial charge in [-0.15, -0.1) is 0 Å². The molecule has 0 atom stereocenters. The molecule has 0 saturated carbocycles. The van der Waals surface area contributed by atoms with Gasteiger partial charge in [-0.05, 0) is 24.6 Å². The summed E-state index contributed by atoms with van der Waals surface area (Å²) in [5.41, 5.74) is 0. The fraction of sp³-hybridized carbons (Fsp3) is 1.00. The molecule has 0 radical (unpaired) electrons. The van der Waals surface area contributed by atoms with Gasteiger partial charge < -0.3 is 13.2 Å². The van der Waals surface area contributed by atoms with E-state index in [0.29, 0.717) is 30.7 Å². The first kappa shape index (κ1) is 15.3. The van der Waals surface area contributed by atoms with Crippen LogP contribution in [0.2, 0.25) is 18.1 Å². The maximum Gasteiger partial charge on any atom is 0.330 e. The topological polar surface area (TPSA) is 35.5 Å². The molecule has 0 aliphatic heterocycles. The van der Waals surface area contributed by atoms with Crippen molar-refractivity contribution >= 4 is 16.0 Å². The zero-order valence-corrected chi connectivity index (χ0v) is 12.0. The molecule has 0 fully saturated rings. The summed E-state index contributed by atoms with van der Waals surface area (Å²) in [6, 6.07) is 1.82. The van der Waals surface area contributed by atoms with E-state index >= 15 is 0 Å². The minimum atomic E-state index is -2.93. The fourth-order valence-electron chi connectivity index (χ4n) is 1.45. The minimum absolute atomic E-state index is 0.318. The van der Waals surface area contributed by atoms with Crippen molar-refractivity contribution in [3.05, 3.63) is 0 Å². The highest BCUT2D eigenvalue weighted by Gasteiger charge is 2.31. The molecule has 0 amide bonds. The van der Waals surface area contributed by atoms with E-state index in [1.807, 2.05) is 13.8 Å². The summed E-state index contributed by atoms with van der Waals surface area (Å²) in [6.07, 6.45) is 0.905. The van der Waals surface area contributed by atoms with Crippen LogP contribution in [0, 0.1) is 0 Å². The van der Waals surface area contributed by atoms with Gasteiger partial charge in [0.2, 0.25) is 8.41 Å². The van der Waals surface area contributed by atoms with Crippen LogP contribution < -0.4 is 0 Å². The third-order valence-corrected chi connectivity index (χ3v) is 8.64. The molecule has 0 aromatic carbocycles. The summed E-state index contributed by atoms with van der Waals surface area (Å²) >= 11 is 0. The molecule has 0 aliphatic rings. The molecule has 0 aromatic rings. The Morgan fingerprint density at radius 3 is 2.00 bits per heavy atom. The number of hydrogen-bond donors (Lipinski definition) is 0. The standard InChI is InChI=1S/C9H22FO3PSi/c1-5-15(10,6-2)9-7-8-14(11,12-3)13-4/h5-9H2,1-4H3. The van der Waals surface area contributed by atoms with Crippen LogP contribution in [0.4, 0.5) is 4.11 Å². The Morgan fingerprint density at radius 1 is 1.20 bits per heavy atom.